The molecule has 0 aliphatic rings. The van der Waals surface area contributed by atoms with Gasteiger partial charge in [0.15, 0.2) is 6.04 Å². The zero-order chi connectivity index (χ0) is 19.7. The van der Waals surface area contributed by atoms with Crippen LogP contribution in [0.5, 0.6) is 5.75 Å². The van der Waals surface area contributed by atoms with Crippen molar-refractivity contribution in [1.29, 1.82) is 0 Å². The first-order valence-electron chi connectivity index (χ1n) is 8.80. The van der Waals surface area contributed by atoms with Crippen LogP contribution >= 0.6 is 11.6 Å². The zero-order valence-corrected chi connectivity index (χ0v) is 15.8. The summed E-state index contributed by atoms with van der Waals surface area (Å²) in [5.74, 6) is 0.200. The van der Waals surface area contributed by atoms with Crippen molar-refractivity contribution in [3.05, 3.63) is 94.5 Å². The maximum atomic E-state index is 14.8. The minimum atomic E-state index is -0.724. The Morgan fingerprint density at radius 2 is 2.00 bits per heavy atom. The average Bonchev–Trinajstić information content (AvgIpc) is 2.68. The van der Waals surface area contributed by atoms with Crippen LogP contribution in [0.3, 0.4) is 0 Å². The van der Waals surface area contributed by atoms with Crippen molar-refractivity contribution >= 4 is 28.3 Å². The quantitative estimate of drug-likeness (QED) is 0.508. The van der Waals surface area contributed by atoms with Gasteiger partial charge in [-0.05, 0) is 42.8 Å². The van der Waals surface area contributed by atoms with Crippen molar-refractivity contribution in [3.8, 4) is 5.75 Å². The Morgan fingerprint density at radius 1 is 1.14 bits per heavy atom. The number of phenols is 1. The number of hydrogen-bond donors (Lipinski definition) is 2. The van der Waals surface area contributed by atoms with Crippen LogP contribution in [-0.4, -0.2) is 10.1 Å². The van der Waals surface area contributed by atoms with Crippen LogP contribution in [0.4, 0.5) is 10.2 Å². The second-order valence-corrected chi connectivity index (χ2v) is 6.98. The van der Waals surface area contributed by atoms with Gasteiger partial charge >= 0.3 is 0 Å². The number of nitrogens with one attached hydrogen (secondary N) is 2. The molecule has 0 aliphatic carbocycles. The van der Waals surface area contributed by atoms with E-state index in [1.54, 1.807) is 36.7 Å². The van der Waals surface area contributed by atoms with Crippen molar-refractivity contribution in [2.24, 2.45) is 0 Å². The topological polar surface area (TPSA) is 59.3 Å². The van der Waals surface area contributed by atoms with E-state index in [1.807, 2.05) is 31.2 Å². The molecule has 0 saturated carbocycles. The van der Waals surface area contributed by atoms with Crippen molar-refractivity contribution < 1.29 is 14.5 Å². The van der Waals surface area contributed by atoms with Crippen molar-refractivity contribution in [1.82, 2.24) is 4.98 Å². The van der Waals surface area contributed by atoms with E-state index in [2.05, 4.69) is 15.3 Å². The molecule has 0 spiro atoms. The number of phenolic OH excluding ortho intramolecular Hbond substituents is 1. The van der Waals surface area contributed by atoms with E-state index in [0.29, 0.717) is 16.9 Å². The van der Waals surface area contributed by atoms with Gasteiger partial charge in [-0.2, -0.15) is 0 Å². The predicted octanol–water partition coefficient (Wildman–Crippen LogP) is 5.06. The average molecular weight is 395 g/mol. The van der Waals surface area contributed by atoms with Crippen molar-refractivity contribution in [2.75, 3.05) is 5.32 Å². The Bertz CT molecular complexity index is 1150. The Morgan fingerprint density at radius 3 is 2.79 bits per heavy atom. The first kappa shape index (κ1) is 18.2. The van der Waals surface area contributed by atoms with E-state index in [4.69, 9.17) is 11.6 Å². The number of pyridine rings is 2. The Balaban J connectivity index is 1.92. The van der Waals surface area contributed by atoms with E-state index in [-0.39, 0.29) is 16.3 Å². The van der Waals surface area contributed by atoms with Crippen molar-refractivity contribution in [2.45, 2.75) is 13.0 Å². The summed E-state index contributed by atoms with van der Waals surface area (Å²) in [5.41, 5.74) is 2.22. The number of H-pyrrole nitrogens is 1. The summed E-state index contributed by atoms with van der Waals surface area (Å²) < 4.78 is 14.8. The van der Waals surface area contributed by atoms with Crippen LogP contribution < -0.4 is 10.3 Å². The molecule has 140 valence electrons. The summed E-state index contributed by atoms with van der Waals surface area (Å²) in [4.78, 5) is 7.37. The molecular weight excluding hydrogens is 377 g/mol. The third-order valence-corrected chi connectivity index (χ3v) is 4.96. The third-order valence-electron chi connectivity index (χ3n) is 4.64. The smallest absolute Gasteiger partial charge is 0.273 e. The fourth-order valence-corrected chi connectivity index (χ4v) is 3.56. The van der Waals surface area contributed by atoms with Gasteiger partial charge in [-0.3, -0.25) is 10.3 Å². The Hall–Kier alpha value is -3.18. The summed E-state index contributed by atoms with van der Waals surface area (Å²) in [5, 5.41) is 15.3. The number of fused-ring (bicyclic) bond motifs is 1. The van der Waals surface area contributed by atoms with Gasteiger partial charge < -0.3 is 5.11 Å². The molecule has 0 fully saturated rings. The molecule has 0 saturated heterocycles. The van der Waals surface area contributed by atoms with E-state index in [0.717, 1.165) is 10.9 Å². The lowest BCUT2D eigenvalue weighted by Gasteiger charge is -2.19. The summed E-state index contributed by atoms with van der Waals surface area (Å²) in [6.45, 7) is 1.96. The normalized spacial score (nSPS) is 12.1. The first-order valence-corrected chi connectivity index (χ1v) is 9.18. The van der Waals surface area contributed by atoms with E-state index >= 15 is 0 Å². The van der Waals surface area contributed by atoms with Gasteiger partial charge in [0.1, 0.15) is 17.1 Å². The highest BCUT2D eigenvalue weighted by molar-refractivity contribution is 6.31. The molecule has 0 amide bonds. The standard InChI is InChI=1S/C22H17ClFN3O/c1-13-9-11-25-18(12-13)27-21(19-16(23)5-2-6-17(19)24)15-8-7-14-4-3-10-26-20(14)22(15)28/h2-12,21,28H,1H3,(H,25,27)/p+1/t21-/m1/s1. The molecular formula is C22H18ClFN3O+. The van der Waals surface area contributed by atoms with Gasteiger partial charge in [-0.1, -0.05) is 29.8 Å². The Kier molecular flexibility index (Phi) is 4.84. The summed E-state index contributed by atoms with van der Waals surface area (Å²) >= 11 is 6.35. The van der Waals surface area contributed by atoms with Gasteiger partial charge in [0, 0.05) is 23.2 Å². The molecule has 6 heteroatoms. The Labute approximate surface area is 166 Å². The third kappa shape index (κ3) is 3.37. The largest absolute Gasteiger partial charge is 0.505 e. The number of halogens is 2. The lowest BCUT2D eigenvalue weighted by Crippen LogP contribution is -2.20. The molecule has 4 aromatic rings. The molecule has 4 nitrogen and oxygen atoms in total. The van der Waals surface area contributed by atoms with Gasteiger partial charge in [0.05, 0.1) is 16.8 Å². The number of anilines is 1. The molecule has 28 heavy (non-hydrogen) atoms. The number of aromatic amines is 1. The molecule has 2 aromatic heterocycles. The van der Waals surface area contributed by atoms with Gasteiger partial charge in [-0.25, -0.2) is 9.37 Å². The first-order chi connectivity index (χ1) is 13.5. The zero-order valence-electron chi connectivity index (χ0n) is 15.1. The fraction of sp³-hybridized carbons (Fsp3) is 0.0909. The van der Waals surface area contributed by atoms with E-state index in [9.17, 15) is 9.50 Å². The molecule has 1 atom stereocenters. The van der Waals surface area contributed by atoms with Crippen LogP contribution in [0.15, 0.2) is 67.0 Å². The maximum absolute atomic E-state index is 14.8. The fourth-order valence-electron chi connectivity index (χ4n) is 3.29. The number of aromatic nitrogens is 2. The highest BCUT2D eigenvalue weighted by atomic mass is 35.5. The molecule has 0 aliphatic heterocycles. The number of aromatic hydroxyl groups is 1. The number of hydrogen-bond acceptors (Lipinski definition) is 3. The van der Waals surface area contributed by atoms with Crippen molar-refractivity contribution in [3.63, 3.8) is 0 Å². The van der Waals surface area contributed by atoms with Crippen LogP contribution in [0.1, 0.15) is 22.7 Å². The predicted molar refractivity (Wildman–Crippen MR) is 108 cm³/mol. The summed E-state index contributed by atoms with van der Waals surface area (Å²) in [6.07, 6.45) is 3.40. The summed E-state index contributed by atoms with van der Waals surface area (Å²) in [6, 6.07) is 14.9. The molecule has 0 bridgehead atoms. The highest BCUT2D eigenvalue weighted by Gasteiger charge is 2.29. The summed E-state index contributed by atoms with van der Waals surface area (Å²) in [7, 11) is 0. The van der Waals surface area contributed by atoms with Gasteiger partial charge in [0.2, 0.25) is 0 Å². The number of nitrogens with zero attached hydrogens (tertiary/aromatic N) is 1. The minimum absolute atomic E-state index is 0.0115. The number of benzene rings is 2. The van der Waals surface area contributed by atoms with E-state index < -0.39 is 11.9 Å². The lowest BCUT2D eigenvalue weighted by atomic mass is 9.95. The lowest BCUT2D eigenvalue weighted by molar-refractivity contribution is -0.361. The second kappa shape index (κ2) is 7.44. The molecule has 4 rings (SSSR count). The SMILES string of the molecule is Cc1cc[nH+]c(N[C@H](c2ccc3cccnc3c2O)c2c(F)cccc2Cl)c1. The second-order valence-electron chi connectivity index (χ2n) is 6.57. The monoisotopic (exact) mass is 394 g/mol. The maximum Gasteiger partial charge on any atom is 0.273 e. The number of aryl methyl sites for hydroxylation is 1. The molecule has 0 radical (unpaired) electrons. The van der Waals surface area contributed by atoms with Crippen LogP contribution in [0, 0.1) is 12.7 Å². The molecule has 2 heterocycles. The van der Waals surface area contributed by atoms with E-state index in [1.165, 1.54) is 6.07 Å². The molecule has 3 N–H and O–H groups in total. The highest BCUT2D eigenvalue weighted by Crippen LogP contribution is 2.39. The van der Waals surface area contributed by atoms with Crippen LogP contribution in [-0.2, 0) is 0 Å². The van der Waals surface area contributed by atoms with Crippen LogP contribution in [0.25, 0.3) is 10.9 Å². The number of rotatable bonds is 4. The van der Waals surface area contributed by atoms with Gasteiger partial charge in [-0.15, -0.1) is 0 Å². The molecule has 2 aromatic carbocycles. The minimum Gasteiger partial charge on any atom is -0.505 e. The van der Waals surface area contributed by atoms with Crippen LogP contribution in [0.2, 0.25) is 5.02 Å². The molecule has 0 unspecified atom stereocenters. The van der Waals surface area contributed by atoms with Gasteiger partial charge in [0.25, 0.3) is 5.82 Å².